The molecule has 1 atom stereocenters. The molecule has 1 amide bonds. The van der Waals surface area contributed by atoms with E-state index in [0.29, 0.717) is 11.4 Å². The van der Waals surface area contributed by atoms with Crippen LogP contribution in [0.5, 0.6) is 0 Å². The third-order valence-electron chi connectivity index (χ3n) is 3.85. The molecule has 2 aromatic carbocycles. The van der Waals surface area contributed by atoms with Crippen molar-refractivity contribution >= 4 is 28.9 Å². The van der Waals surface area contributed by atoms with Gasteiger partial charge in [-0.25, -0.2) is 0 Å². The molecule has 27 heavy (non-hydrogen) atoms. The van der Waals surface area contributed by atoms with Crippen LogP contribution in [0.1, 0.15) is 27.7 Å². The Kier molecular flexibility index (Phi) is 6.45. The SMILES string of the molecule is C[C@H](OC(=O)C(C)(C)C)C(=O)N(C)c1ccc(N=Nc2ccccc2)cc1. The van der Waals surface area contributed by atoms with Crippen molar-refractivity contribution in [2.75, 3.05) is 11.9 Å². The number of likely N-dealkylation sites (N-methyl/N-ethyl adjacent to an activating group) is 1. The first kappa shape index (κ1) is 20.3. The molecule has 2 rings (SSSR count). The van der Waals surface area contributed by atoms with E-state index in [4.69, 9.17) is 4.74 Å². The maximum Gasteiger partial charge on any atom is 0.311 e. The standard InChI is InChI=1S/C21H25N3O3/c1-15(27-20(26)21(2,3)4)19(25)24(5)18-13-11-17(12-14-18)23-22-16-9-7-6-8-10-16/h6-15H,1-5H3/t15-/m0/s1. The molecule has 0 N–H and O–H groups in total. The first-order valence-corrected chi connectivity index (χ1v) is 8.74. The van der Waals surface area contributed by atoms with Crippen LogP contribution in [0.25, 0.3) is 0 Å². The molecule has 0 aliphatic rings. The molecule has 6 heteroatoms. The summed E-state index contributed by atoms with van der Waals surface area (Å²) in [5.41, 5.74) is 1.47. The van der Waals surface area contributed by atoms with E-state index < -0.39 is 17.5 Å². The second-order valence-corrected chi connectivity index (χ2v) is 7.25. The van der Waals surface area contributed by atoms with E-state index in [9.17, 15) is 9.59 Å². The molecule has 0 radical (unpaired) electrons. The van der Waals surface area contributed by atoms with Crippen molar-refractivity contribution in [2.45, 2.75) is 33.8 Å². The fourth-order valence-electron chi connectivity index (χ4n) is 2.14. The number of carbonyl (C=O) groups is 2. The number of ether oxygens (including phenoxy) is 1. The Labute approximate surface area is 159 Å². The van der Waals surface area contributed by atoms with Gasteiger partial charge in [-0.3, -0.25) is 9.59 Å². The molecule has 0 fully saturated rings. The van der Waals surface area contributed by atoms with Crippen molar-refractivity contribution in [1.29, 1.82) is 0 Å². The first-order chi connectivity index (χ1) is 12.7. The van der Waals surface area contributed by atoms with Crippen LogP contribution >= 0.6 is 0 Å². The highest BCUT2D eigenvalue weighted by atomic mass is 16.5. The first-order valence-electron chi connectivity index (χ1n) is 8.74. The molecule has 0 bridgehead atoms. The lowest BCUT2D eigenvalue weighted by Crippen LogP contribution is -2.39. The van der Waals surface area contributed by atoms with E-state index in [0.717, 1.165) is 5.69 Å². The summed E-state index contributed by atoms with van der Waals surface area (Å²) in [6.07, 6.45) is -0.862. The second kappa shape index (κ2) is 8.58. The van der Waals surface area contributed by atoms with Crippen molar-refractivity contribution in [3.05, 3.63) is 54.6 Å². The molecule has 0 saturated carbocycles. The number of anilines is 1. The molecule has 0 heterocycles. The van der Waals surface area contributed by atoms with Crippen LogP contribution in [-0.2, 0) is 14.3 Å². The van der Waals surface area contributed by atoms with Gasteiger partial charge in [0.1, 0.15) is 0 Å². The Morgan fingerprint density at radius 1 is 0.926 bits per heavy atom. The molecular weight excluding hydrogens is 342 g/mol. The maximum atomic E-state index is 12.5. The van der Waals surface area contributed by atoms with Crippen LogP contribution in [0.15, 0.2) is 64.8 Å². The van der Waals surface area contributed by atoms with Crippen molar-refractivity contribution in [3.63, 3.8) is 0 Å². The number of rotatable bonds is 5. The van der Waals surface area contributed by atoms with Crippen LogP contribution < -0.4 is 4.90 Å². The Morgan fingerprint density at radius 2 is 1.44 bits per heavy atom. The topological polar surface area (TPSA) is 71.3 Å². The van der Waals surface area contributed by atoms with E-state index >= 15 is 0 Å². The van der Waals surface area contributed by atoms with Crippen LogP contribution in [0, 0.1) is 5.41 Å². The molecule has 0 spiro atoms. The van der Waals surface area contributed by atoms with Crippen molar-refractivity contribution < 1.29 is 14.3 Å². The van der Waals surface area contributed by atoms with Gasteiger partial charge >= 0.3 is 5.97 Å². The van der Waals surface area contributed by atoms with Crippen molar-refractivity contribution in [3.8, 4) is 0 Å². The van der Waals surface area contributed by atoms with Gasteiger partial charge in [0.05, 0.1) is 16.8 Å². The highest BCUT2D eigenvalue weighted by Crippen LogP contribution is 2.23. The molecule has 2 aromatic rings. The lowest BCUT2D eigenvalue weighted by molar-refractivity contribution is -0.161. The highest BCUT2D eigenvalue weighted by Gasteiger charge is 2.29. The van der Waals surface area contributed by atoms with Crippen LogP contribution in [0.4, 0.5) is 17.1 Å². The number of nitrogens with zero attached hydrogens (tertiary/aromatic N) is 3. The van der Waals surface area contributed by atoms with E-state index in [2.05, 4.69) is 10.2 Å². The summed E-state index contributed by atoms with van der Waals surface area (Å²) in [5.74, 6) is -0.709. The van der Waals surface area contributed by atoms with Gasteiger partial charge in [0.2, 0.25) is 0 Å². The Hall–Kier alpha value is -3.02. The lowest BCUT2D eigenvalue weighted by Gasteiger charge is -2.24. The lowest BCUT2D eigenvalue weighted by atomic mass is 9.97. The van der Waals surface area contributed by atoms with E-state index in [1.165, 1.54) is 4.90 Å². The van der Waals surface area contributed by atoms with Crippen LogP contribution in [0.3, 0.4) is 0 Å². The molecule has 6 nitrogen and oxygen atoms in total. The minimum Gasteiger partial charge on any atom is -0.452 e. The Balaban J connectivity index is 2.02. The minimum absolute atomic E-state index is 0.300. The van der Waals surface area contributed by atoms with Gasteiger partial charge in [0.15, 0.2) is 6.10 Å². The second-order valence-electron chi connectivity index (χ2n) is 7.25. The number of hydrogen-bond donors (Lipinski definition) is 0. The largest absolute Gasteiger partial charge is 0.452 e. The Morgan fingerprint density at radius 3 is 1.96 bits per heavy atom. The predicted molar refractivity (Wildman–Crippen MR) is 105 cm³/mol. The normalized spacial score (nSPS) is 12.6. The van der Waals surface area contributed by atoms with Gasteiger partial charge in [0.25, 0.3) is 5.91 Å². The van der Waals surface area contributed by atoms with Gasteiger partial charge in [-0.15, -0.1) is 0 Å². The molecule has 0 unspecified atom stereocenters. The molecular formula is C21H25N3O3. The summed E-state index contributed by atoms with van der Waals surface area (Å²) in [4.78, 5) is 25.9. The Bertz CT molecular complexity index is 809. The third kappa shape index (κ3) is 5.74. The highest BCUT2D eigenvalue weighted by molar-refractivity contribution is 5.97. The number of amides is 1. The van der Waals surface area contributed by atoms with Gasteiger partial charge in [-0.05, 0) is 64.1 Å². The number of benzene rings is 2. The van der Waals surface area contributed by atoms with E-state index in [1.54, 1.807) is 59.0 Å². The third-order valence-corrected chi connectivity index (χ3v) is 3.85. The van der Waals surface area contributed by atoms with Gasteiger partial charge in [0, 0.05) is 12.7 Å². The quantitative estimate of drug-likeness (QED) is 0.549. The van der Waals surface area contributed by atoms with Gasteiger partial charge in [-0.1, -0.05) is 18.2 Å². The fraction of sp³-hybridized carbons (Fsp3) is 0.333. The summed E-state index contributed by atoms with van der Waals surface area (Å²) in [6, 6.07) is 16.5. The van der Waals surface area contributed by atoms with Crippen LogP contribution in [-0.4, -0.2) is 25.0 Å². The fourth-order valence-corrected chi connectivity index (χ4v) is 2.14. The van der Waals surface area contributed by atoms with E-state index in [-0.39, 0.29) is 5.91 Å². The zero-order valence-electron chi connectivity index (χ0n) is 16.3. The summed E-state index contributed by atoms with van der Waals surface area (Å²) in [6.45, 7) is 6.82. The smallest absolute Gasteiger partial charge is 0.311 e. The monoisotopic (exact) mass is 367 g/mol. The molecule has 0 aliphatic carbocycles. The zero-order valence-corrected chi connectivity index (χ0v) is 16.3. The van der Waals surface area contributed by atoms with Crippen molar-refractivity contribution in [2.24, 2.45) is 15.6 Å². The maximum absolute atomic E-state index is 12.5. The molecule has 0 aromatic heterocycles. The number of hydrogen-bond acceptors (Lipinski definition) is 5. The molecule has 0 aliphatic heterocycles. The molecule has 0 saturated heterocycles. The summed E-state index contributed by atoms with van der Waals surface area (Å²) < 4.78 is 5.27. The van der Waals surface area contributed by atoms with Crippen molar-refractivity contribution in [1.82, 2.24) is 0 Å². The average molecular weight is 367 g/mol. The van der Waals surface area contributed by atoms with Gasteiger partial charge in [-0.2, -0.15) is 10.2 Å². The number of esters is 1. The average Bonchev–Trinajstić information content (AvgIpc) is 2.65. The van der Waals surface area contributed by atoms with Gasteiger partial charge < -0.3 is 9.64 Å². The summed E-state index contributed by atoms with van der Waals surface area (Å²) in [5, 5.41) is 8.33. The van der Waals surface area contributed by atoms with Crippen LogP contribution in [0.2, 0.25) is 0 Å². The summed E-state index contributed by atoms with van der Waals surface area (Å²) in [7, 11) is 1.64. The summed E-state index contributed by atoms with van der Waals surface area (Å²) >= 11 is 0. The number of carbonyl (C=O) groups excluding carboxylic acids is 2. The number of azo groups is 1. The predicted octanol–water partition coefficient (Wildman–Crippen LogP) is 5.04. The zero-order chi connectivity index (χ0) is 20.0. The van der Waals surface area contributed by atoms with E-state index in [1.807, 2.05) is 30.3 Å². The molecule has 142 valence electrons. The minimum atomic E-state index is -0.862.